The predicted molar refractivity (Wildman–Crippen MR) is 299 cm³/mol. The van der Waals surface area contributed by atoms with Crippen LogP contribution < -0.4 is 52.8 Å². The first-order valence-electron chi connectivity index (χ1n) is 25.4. The van der Waals surface area contributed by atoms with Crippen LogP contribution >= 0.6 is 0 Å². The van der Waals surface area contributed by atoms with Gasteiger partial charge in [-0.25, -0.2) is 0 Å². The maximum absolute atomic E-state index is 3.48. The maximum atomic E-state index is 2.69. The first-order chi connectivity index (χ1) is 34.8. The minimum atomic E-state index is -3.48. The largest absolute Gasteiger partial charge is 1.00 e. The average Bonchev–Trinajstić information content (AvgIpc) is 3.56. The third-order valence-electron chi connectivity index (χ3n) is 15.9. The van der Waals surface area contributed by atoms with Gasteiger partial charge in [0.1, 0.15) is 0 Å². The summed E-state index contributed by atoms with van der Waals surface area (Å²) in [7, 11) is -3.48. The number of rotatable bonds is 16. The molecule has 1 aliphatic rings. The summed E-state index contributed by atoms with van der Waals surface area (Å²) in [4.78, 5) is 0. The van der Waals surface area contributed by atoms with Gasteiger partial charge in [-0.3, -0.25) is 0 Å². The van der Waals surface area contributed by atoms with Crippen LogP contribution in [0.2, 0.25) is 5.04 Å². The van der Waals surface area contributed by atoms with E-state index in [4.69, 9.17) is 0 Å². The number of hydrogen-bond donors (Lipinski definition) is 0. The van der Waals surface area contributed by atoms with Crippen LogP contribution in [0.3, 0.4) is 0 Å². The molecule has 0 bridgehead atoms. The van der Waals surface area contributed by atoms with Crippen LogP contribution in [0.5, 0.6) is 0 Å². The number of benzene rings is 9. The summed E-state index contributed by atoms with van der Waals surface area (Å²) >= 11 is 2.50. The van der Waals surface area contributed by atoms with E-state index in [2.05, 4.69) is 285 Å². The minimum absolute atomic E-state index is 0. The molecule has 368 valence electrons. The summed E-state index contributed by atoms with van der Waals surface area (Å²) < 4.78 is 1.50. The zero-order valence-corrected chi connectivity index (χ0v) is 47.7. The van der Waals surface area contributed by atoms with Crippen molar-refractivity contribution in [1.82, 2.24) is 0 Å². The van der Waals surface area contributed by atoms with Crippen LogP contribution in [-0.2, 0) is 59.0 Å². The van der Waals surface area contributed by atoms with E-state index in [9.17, 15) is 0 Å². The molecule has 0 nitrogen and oxygen atoms in total. The molecule has 0 radical (unpaired) electrons. The first-order valence-corrected chi connectivity index (χ1v) is 28.2. The SMILES string of the molecule is CC1=C(C)C(C)([Si](c2cccc(Cc3ccccc3)c2Cc2ccccc2)(c2cccc(Cc3ccccc3)c2Cc2ccccc2)c2cccc(Cc3ccccc3)c2Cc2ccccc2)[C]([Ti+3])=C1C.[Cl-].[Cl-].[Cl-]. The van der Waals surface area contributed by atoms with Gasteiger partial charge in [0.2, 0.25) is 0 Å². The Kier molecular flexibility index (Phi) is 19.1. The Morgan fingerprint density at radius 1 is 0.311 bits per heavy atom. The molecule has 1 aliphatic carbocycles. The quantitative estimate of drug-likeness (QED) is 0.0870. The van der Waals surface area contributed by atoms with Crippen molar-refractivity contribution in [1.29, 1.82) is 0 Å². The minimum Gasteiger partial charge on any atom is -1.00 e. The van der Waals surface area contributed by atoms with Gasteiger partial charge in [-0.15, -0.1) is 0 Å². The van der Waals surface area contributed by atoms with Gasteiger partial charge in [0.25, 0.3) is 0 Å². The van der Waals surface area contributed by atoms with Crippen molar-refractivity contribution < 1.29 is 57.7 Å². The van der Waals surface area contributed by atoms with Crippen LogP contribution in [0.4, 0.5) is 0 Å². The van der Waals surface area contributed by atoms with E-state index >= 15 is 0 Å². The molecule has 0 aliphatic heterocycles. The summed E-state index contributed by atoms with van der Waals surface area (Å²) in [6.45, 7) is 9.99. The molecule has 0 N–H and O–H groups in total. The van der Waals surface area contributed by atoms with E-state index in [1.807, 2.05) is 0 Å². The topological polar surface area (TPSA) is 0 Å². The first kappa shape index (κ1) is 56.0. The second-order valence-electron chi connectivity index (χ2n) is 19.9. The monoisotopic (exact) mass is 1070 g/mol. The fraction of sp³-hybridized carbons (Fsp3) is 0.159. The Balaban J connectivity index is 0.00000267. The molecule has 10 rings (SSSR count). The van der Waals surface area contributed by atoms with Gasteiger partial charge in [-0.05, 0) is 0 Å². The Labute approximate surface area is 472 Å². The summed E-state index contributed by atoms with van der Waals surface area (Å²) in [5, 5.41) is 4.20. The van der Waals surface area contributed by atoms with Crippen LogP contribution in [0.25, 0.3) is 0 Å². The van der Waals surface area contributed by atoms with Crippen molar-refractivity contribution in [3.63, 3.8) is 0 Å². The van der Waals surface area contributed by atoms with Gasteiger partial charge in [-0.1, -0.05) is 0 Å². The molecule has 1 unspecified atom stereocenters. The Bertz CT molecular complexity index is 3000. The van der Waals surface area contributed by atoms with Gasteiger partial charge < -0.3 is 37.2 Å². The molecule has 0 heterocycles. The standard InChI is InChI=1S/C69H63Si.3ClH.Ti/c1-51-50-69(4,53(3)52(51)2)70(66-41-23-38-60(44-54-26-11-5-12-27-54)63(66)47-57-32-17-8-18-33-57,67-42-24-39-61(45-55-28-13-6-14-29-55)64(67)48-58-34-19-9-20-35-58)68-43-25-40-62(46-56-30-15-7-16-31-56)65(68)49-59-36-21-10-22-37-59;;;;/h5-43H,44-49H2,1-4H3;3*1H;/q;;;;+3/p-3. The van der Waals surface area contributed by atoms with Gasteiger partial charge in [-0.2, -0.15) is 0 Å². The molecule has 5 heteroatoms. The van der Waals surface area contributed by atoms with Crippen molar-refractivity contribution in [2.24, 2.45) is 0 Å². The van der Waals surface area contributed by atoms with Crippen molar-refractivity contribution >= 4 is 23.6 Å². The molecule has 0 amide bonds. The fourth-order valence-corrected chi connectivity index (χ4v) is 20.5. The third kappa shape index (κ3) is 11.1. The molecule has 1 atom stereocenters. The van der Waals surface area contributed by atoms with E-state index in [1.165, 1.54) is 103 Å². The van der Waals surface area contributed by atoms with Crippen molar-refractivity contribution in [3.05, 3.63) is 324 Å². The van der Waals surface area contributed by atoms with Crippen LogP contribution in [-0.4, -0.2) is 8.07 Å². The Morgan fingerprint density at radius 3 is 0.784 bits per heavy atom. The smallest absolute Gasteiger partial charge is 1.00 e. The molecule has 9 aromatic rings. The number of halogens is 3. The molecule has 74 heavy (non-hydrogen) atoms. The average molecular weight is 1070 g/mol. The van der Waals surface area contributed by atoms with Crippen molar-refractivity contribution in [2.75, 3.05) is 0 Å². The maximum Gasteiger partial charge on any atom is -1.00 e. The summed E-state index contributed by atoms with van der Waals surface area (Å²) in [6.07, 6.45) is 5.08. The molecule has 9 aromatic carbocycles. The summed E-state index contributed by atoms with van der Waals surface area (Å²) in [5.74, 6) is 0. The van der Waals surface area contributed by atoms with E-state index in [0.29, 0.717) is 0 Å². The summed E-state index contributed by atoms with van der Waals surface area (Å²) in [6, 6.07) is 89.8. The van der Waals surface area contributed by atoms with Gasteiger partial charge >= 0.3 is 439 Å². The van der Waals surface area contributed by atoms with Crippen LogP contribution in [0.15, 0.2) is 257 Å². The molecule has 0 saturated carbocycles. The van der Waals surface area contributed by atoms with Crippen LogP contribution in [0.1, 0.15) is 94.5 Å². The zero-order chi connectivity index (χ0) is 48.8. The predicted octanol–water partition coefficient (Wildman–Crippen LogP) is 5.64. The molecular formula is C69H63Cl3SiTi. The molecular weight excluding hydrogens is 1010 g/mol. The molecule has 0 saturated heterocycles. The molecule has 0 spiro atoms. The number of allylic oxidation sites excluding steroid dienone is 4. The fourth-order valence-electron chi connectivity index (χ4n) is 12.0. The second kappa shape index (κ2) is 25.2. The van der Waals surface area contributed by atoms with E-state index in [1.54, 1.807) is 0 Å². The van der Waals surface area contributed by atoms with E-state index in [0.717, 1.165) is 38.5 Å². The van der Waals surface area contributed by atoms with E-state index < -0.39 is 8.07 Å². The number of hydrogen-bond acceptors (Lipinski definition) is 0. The van der Waals surface area contributed by atoms with Gasteiger partial charge in [0.15, 0.2) is 0 Å². The van der Waals surface area contributed by atoms with Crippen molar-refractivity contribution in [2.45, 2.75) is 71.3 Å². The van der Waals surface area contributed by atoms with Gasteiger partial charge in [0, 0.05) is 0 Å². The normalized spacial score (nSPS) is 14.2. The van der Waals surface area contributed by atoms with Gasteiger partial charge in [0.05, 0.1) is 0 Å². The third-order valence-corrected chi connectivity index (χ3v) is 23.6. The van der Waals surface area contributed by atoms with E-state index in [-0.39, 0.29) is 42.3 Å². The Hall–Kier alpha value is -5.74. The summed E-state index contributed by atoms with van der Waals surface area (Å²) in [5.41, 5.74) is 21.0. The van der Waals surface area contributed by atoms with Crippen LogP contribution in [0, 0.1) is 0 Å². The zero-order valence-electron chi connectivity index (χ0n) is 42.9. The molecule has 0 aromatic heterocycles. The molecule has 0 fully saturated rings. The second-order valence-corrected chi connectivity index (χ2v) is 24.8. The Morgan fingerprint density at radius 2 is 0.554 bits per heavy atom. The van der Waals surface area contributed by atoms with Crippen molar-refractivity contribution in [3.8, 4) is 0 Å².